The van der Waals surface area contributed by atoms with Crippen molar-refractivity contribution in [2.24, 2.45) is 5.92 Å². The van der Waals surface area contributed by atoms with Crippen molar-refractivity contribution in [1.82, 2.24) is 0 Å². The molecule has 0 fully saturated rings. The molecule has 1 unspecified atom stereocenters. The number of phenolic OH excluding ortho intramolecular Hbond substituents is 1. The molecule has 2 N–H and O–H groups in total. The highest BCUT2D eigenvalue weighted by Gasteiger charge is 2.24. The van der Waals surface area contributed by atoms with Crippen molar-refractivity contribution < 1.29 is 24.2 Å². The number of aliphatic carboxylic acids is 1. The maximum absolute atomic E-state index is 12.9. The van der Waals surface area contributed by atoms with Crippen LogP contribution in [0.2, 0.25) is 0 Å². The molecule has 0 saturated heterocycles. The Morgan fingerprint density at radius 2 is 2.06 bits per heavy atom. The van der Waals surface area contributed by atoms with Gasteiger partial charge < -0.3 is 10.2 Å². The van der Waals surface area contributed by atoms with Crippen LogP contribution in [0.1, 0.15) is 12.5 Å². The van der Waals surface area contributed by atoms with E-state index in [0.717, 1.165) is 25.1 Å². The summed E-state index contributed by atoms with van der Waals surface area (Å²) in [6.07, 6.45) is -0.214. The second kappa shape index (κ2) is 4.74. The fourth-order valence-electron chi connectivity index (χ4n) is 1.34. The van der Waals surface area contributed by atoms with Crippen LogP contribution < -0.4 is 0 Å². The average Bonchev–Trinajstić information content (AvgIpc) is 2.18. The number of hydrogen-bond acceptors (Lipinski definition) is 3. The fourth-order valence-corrected chi connectivity index (χ4v) is 1.34. The Kier molecular flexibility index (Phi) is 3.60. The lowest BCUT2D eigenvalue weighted by Gasteiger charge is -2.10. The molecule has 1 aromatic rings. The topological polar surface area (TPSA) is 74.6 Å². The zero-order chi connectivity index (χ0) is 12.3. The van der Waals surface area contributed by atoms with Crippen molar-refractivity contribution in [2.75, 3.05) is 0 Å². The Morgan fingerprint density at radius 3 is 2.56 bits per heavy atom. The molecule has 0 amide bonds. The number of carboxylic acids is 1. The quantitative estimate of drug-likeness (QED) is 0.760. The standard InChI is InChI=1S/C11H11FO4/c1-6(13)9(11(15)16)5-7-4-8(12)2-3-10(7)14/h2-4,9,14H,5H2,1H3,(H,15,16). The number of phenols is 1. The zero-order valence-corrected chi connectivity index (χ0v) is 8.61. The fraction of sp³-hybridized carbons (Fsp3) is 0.273. The highest BCUT2D eigenvalue weighted by molar-refractivity contribution is 5.97. The predicted octanol–water partition coefficient (Wildman–Crippen LogP) is 1.36. The van der Waals surface area contributed by atoms with E-state index in [0.29, 0.717) is 0 Å². The molecular formula is C11H11FO4. The minimum absolute atomic E-state index is 0.114. The number of aromatic hydroxyl groups is 1. The van der Waals surface area contributed by atoms with Gasteiger partial charge >= 0.3 is 5.97 Å². The minimum Gasteiger partial charge on any atom is -0.508 e. The smallest absolute Gasteiger partial charge is 0.314 e. The number of ketones is 1. The van der Waals surface area contributed by atoms with Gasteiger partial charge in [-0.25, -0.2) is 4.39 Å². The molecule has 0 aromatic heterocycles. The summed E-state index contributed by atoms with van der Waals surface area (Å²) in [5.74, 6) is -3.87. The van der Waals surface area contributed by atoms with Gasteiger partial charge in [-0.3, -0.25) is 9.59 Å². The van der Waals surface area contributed by atoms with E-state index in [9.17, 15) is 19.1 Å². The summed E-state index contributed by atoms with van der Waals surface area (Å²) < 4.78 is 12.9. The van der Waals surface area contributed by atoms with E-state index in [4.69, 9.17) is 5.11 Å². The van der Waals surface area contributed by atoms with Crippen LogP contribution in [0, 0.1) is 11.7 Å². The molecule has 5 heteroatoms. The summed E-state index contributed by atoms with van der Waals surface area (Å²) in [5, 5.41) is 18.1. The lowest BCUT2D eigenvalue weighted by atomic mass is 9.95. The van der Waals surface area contributed by atoms with E-state index in [2.05, 4.69) is 0 Å². The van der Waals surface area contributed by atoms with Crippen LogP contribution in [0.15, 0.2) is 18.2 Å². The molecule has 0 aliphatic rings. The number of halogens is 1. The molecule has 86 valence electrons. The Morgan fingerprint density at radius 1 is 1.44 bits per heavy atom. The lowest BCUT2D eigenvalue weighted by molar-refractivity contribution is -0.145. The Balaban J connectivity index is 2.97. The second-order valence-corrected chi connectivity index (χ2v) is 3.48. The molecule has 0 radical (unpaired) electrons. The van der Waals surface area contributed by atoms with E-state index in [1.165, 1.54) is 0 Å². The summed E-state index contributed by atoms with van der Waals surface area (Å²) in [7, 11) is 0. The van der Waals surface area contributed by atoms with E-state index >= 15 is 0 Å². The predicted molar refractivity (Wildman–Crippen MR) is 53.6 cm³/mol. The number of rotatable bonds is 4. The van der Waals surface area contributed by atoms with E-state index < -0.39 is 23.5 Å². The Hall–Kier alpha value is -1.91. The normalized spacial score (nSPS) is 12.1. The van der Waals surface area contributed by atoms with E-state index in [1.807, 2.05) is 0 Å². The summed E-state index contributed by atoms with van der Waals surface area (Å²) in [6, 6.07) is 3.21. The molecule has 0 aliphatic carbocycles. The van der Waals surface area contributed by atoms with Gasteiger partial charge in [0.05, 0.1) is 0 Å². The summed E-state index contributed by atoms with van der Waals surface area (Å²) in [4.78, 5) is 21.8. The first kappa shape index (κ1) is 12.2. The van der Waals surface area contributed by atoms with Crippen molar-refractivity contribution in [3.63, 3.8) is 0 Å². The molecule has 1 atom stereocenters. The third-order valence-corrected chi connectivity index (χ3v) is 2.25. The first-order valence-electron chi connectivity index (χ1n) is 4.62. The Labute approximate surface area is 91.3 Å². The molecule has 0 saturated carbocycles. The summed E-state index contributed by atoms with van der Waals surface area (Å²) >= 11 is 0. The zero-order valence-electron chi connectivity index (χ0n) is 8.61. The largest absolute Gasteiger partial charge is 0.508 e. The number of hydrogen-bond donors (Lipinski definition) is 2. The van der Waals surface area contributed by atoms with Crippen molar-refractivity contribution in [1.29, 1.82) is 0 Å². The summed E-state index contributed by atoms with van der Waals surface area (Å²) in [5.41, 5.74) is 0.114. The van der Waals surface area contributed by atoms with Gasteiger partial charge in [0.1, 0.15) is 23.3 Å². The van der Waals surface area contributed by atoms with Gasteiger partial charge in [0.25, 0.3) is 0 Å². The van der Waals surface area contributed by atoms with E-state index in [1.54, 1.807) is 0 Å². The van der Waals surface area contributed by atoms with Gasteiger partial charge in [-0.15, -0.1) is 0 Å². The number of Topliss-reactive ketones (excluding diaryl/α,β-unsaturated/α-hetero) is 1. The maximum Gasteiger partial charge on any atom is 0.314 e. The second-order valence-electron chi connectivity index (χ2n) is 3.48. The van der Waals surface area contributed by atoms with Crippen LogP contribution in [0.5, 0.6) is 5.75 Å². The van der Waals surface area contributed by atoms with Crippen LogP contribution in [0.4, 0.5) is 4.39 Å². The molecular weight excluding hydrogens is 215 g/mol. The number of carbonyl (C=O) groups excluding carboxylic acids is 1. The monoisotopic (exact) mass is 226 g/mol. The van der Waals surface area contributed by atoms with Crippen LogP contribution >= 0.6 is 0 Å². The molecule has 0 aliphatic heterocycles. The number of benzene rings is 1. The molecule has 0 bridgehead atoms. The Bertz CT molecular complexity index is 414. The van der Waals surface area contributed by atoms with Gasteiger partial charge in [0, 0.05) is 0 Å². The van der Waals surface area contributed by atoms with Crippen LogP contribution in [0.25, 0.3) is 0 Å². The first-order valence-corrected chi connectivity index (χ1v) is 4.62. The molecule has 1 aromatic carbocycles. The highest BCUT2D eigenvalue weighted by atomic mass is 19.1. The van der Waals surface area contributed by atoms with Crippen molar-refractivity contribution >= 4 is 11.8 Å². The molecule has 0 spiro atoms. The van der Waals surface area contributed by atoms with Gasteiger partial charge in [-0.2, -0.15) is 0 Å². The van der Waals surface area contributed by atoms with Crippen LogP contribution in [-0.4, -0.2) is 22.0 Å². The molecule has 0 heterocycles. The molecule has 1 rings (SSSR count). The average molecular weight is 226 g/mol. The highest BCUT2D eigenvalue weighted by Crippen LogP contribution is 2.21. The molecule has 16 heavy (non-hydrogen) atoms. The minimum atomic E-state index is -1.28. The van der Waals surface area contributed by atoms with Crippen molar-refractivity contribution in [3.8, 4) is 5.75 Å². The van der Waals surface area contributed by atoms with Gasteiger partial charge in [0.15, 0.2) is 0 Å². The first-order chi connectivity index (χ1) is 7.41. The maximum atomic E-state index is 12.9. The van der Waals surface area contributed by atoms with E-state index in [-0.39, 0.29) is 17.7 Å². The third-order valence-electron chi connectivity index (χ3n) is 2.25. The third kappa shape index (κ3) is 2.79. The summed E-state index contributed by atoms with van der Waals surface area (Å²) in [6.45, 7) is 1.15. The lowest BCUT2D eigenvalue weighted by Crippen LogP contribution is -2.23. The number of carboxylic acid groups (broad SMARTS) is 1. The van der Waals surface area contributed by atoms with Crippen molar-refractivity contribution in [2.45, 2.75) is 13.3 Å². The van der Waals surface area contributed by atoms with Gasteiger partial charge in [-0.1, -0.05) is 0 Å². The number of carbonyl (C=O) groups is 2. The van der Waals surface area contributed by atoms with Gasteiger partial charge in [0.2, 0.25) is 0 Å². The molecule has 4 nitrogen and oxygen atoms in total. The van der Waals surface area contributed by atoms with Crippen molar-refractivity contribution in [3.05, 3.63) is 29.6 Å². The van der Waals surface area contributed by atoms with Crippen LogP contribution in [-0.2, 0) is 16.0 Å². The van der Waals surface area contributed by atoms with Crippen LogP contribution in [0.3, 0.4) is 0 Å². The SMILES string of the molecule is CC(=O)C(Cc1cc(F)ccc1O)C(=O)O. The van der Waals surface area contributed by atoms with Gasteiger partial charge in [-0.05, 0) is 37.1 Å².